The number of unbranched alkanes of at least 4 members (excludes halogenated alkanes) is 4. The molecule has 3 aromatic carbocycles. The Bertz CT molecular complexity index is 776. The van der Waals surface area contributed by atoms with E-state index < -0.39 is 0 Å². The van der Waals surface area contributed by atoms with Crippen LogP contribution in [0.2, 0.25) is 0 Å². The standard InChI is InChI=1S/C30H36.2Li/c1-3-5-9-22-29(25-16-11-7-12-17-25)27-20-15-21-28(24-27)30(23-10-6-4-2)26-18-13-8-14-19-26;;/h7-8,11-21,24H,3-6,9-10,22-23H2,1-2H3;;/q-2;2*+1. The molecule has 32 heavy (non-hydrogen) atoms. The minimum absolute atomic E-state index is 0. The Morgan fingerprint density at radius 2 is 0.844 bits per heavy atom. The zero-order valence-corrected chi connectivity index (χ0v) is 20.7. The molecule has 0 unspecified atom stereocenters. The molecule has 0 aliphatic carbocycles. The third-order valence-corrected chi connectivity index (χ3v) is 5.86. The van der Waals surface area contributed by atoms with Gasteiger partial charge in [0.05, 0.1) is 0 Å². The molecule has 2 heteroatoms. The Hall–Kier alpha value is -1.41. The quantitative estimate of drug-likeness (QED) is 0.245. The van der Waals surface area contributed by atoms with E-state index in [0.717, 1.165) is 12.8 Å². The maximum absolute atomic E-state index is 2.43. The normalized spacial score (nSPS) is 10.1. The van der Waals surface area contributed by atoms with Gasteiger partial charge in [-0.3, -0.25) is 0 Å². The average Bonchev–Trinajstić information content (AvgIpc) is 2.81. The van der Waals surface area contributed by atoms with E-state index >= 15 is 0 Å². The fourth-order valence-electron chi connectivity index (χ4n) is 4.19. The van der Waals surface area contributed by atoms with Crippen molar-refractivity contribution >= 4 is 0 Å². The fourth-order valence-corrected chi connectivity index (χ4v) is 4.19. The molecule has 0 bridgehead atoms. The van der Waals surface area contributed by atoms with Crippen LogP contribution in [0.25, 0.3) is 0 Å². The first kappa shape index (κ1) is 28.6. The second-order valence-electron chi connectivity index (χ2n) is 8.18. The third-order valence-electron chi connectivity index (χ3n) is 5.86. The van der Waals surface area contributed by atoms with Gasteiger partial charge in [0.25, 0.3) is 0 Å². The molecule has 158 valence electrons. The summed E-state index contributed by atoms with van der Waals surface area (Å²) in [5, 5.41) is 0. The van der Waals surface area contributed by atoms with Gasteiger partial charge in [0, 0.05) is 0 Å². The van der Waals surface area contributed by atoms with E-state index in [9.17, 15) is 0 Å². The van der Waals surface area contributed by atoms with E-state index in [-0.39, 0.29) is 37.7 Å². The molecule has 0 aliphatic heterocycles. The Kier molecular flexibility index (Phi) is 14.5. The van der Waals surface area contributed by atoms with Crippen molar-refractivity contribution in [3.05, 3.63) is 119 Å². The predicted octanol–water partition coefficient (Wildman–Crippen LogP) is 2.80. The molecule has 0 atom stereocenters. The molecule has 0 saturated carbocycles. The van der Waals surface area contributed by atoms with Crippen molar-refractivity contribution in [2.45, 2.75) is 65.2 Å². The van der Waals surface area contributed by atoms with Gasteiger partial charge in [-0.15, -0.1) is 82.6 Å². The molecule has 0 spiro atoms. The molecule has 3 rings (SSSR count). The van der Waals surface area contributed by atoms with E-state index in [0.29, 0.717) is 0 Å². The van der Waals surface area contributed by atoms with Crippen LogP contribution >= 0.6 is 0 Å². The summed E-state index contributed by atoms with van der Waals surface area (Å²) in [5.41, 5.74) is 5.47. The zero-order valence-electron chi connectivity index (χ0n) is 20.7. The van der Waals surface area contributed by atoms with Crippen LogP contribution in [0.1, 0.15) is 87.5 Å². The summed E-state index contributed by atoms with van der Waals surface area (Å²) < 4.78 is 0. The molecule has 0 nitrogen and oxygen atoms in total. The smallest absolute Gasteiger partial charge is 0.129 e. The van der Waals surface area contributed by atoms with Crippen molar-refractivity contribution in [2.24, 2.45) is 0 Å². The molecule has 0 heterocycles. The summed E-state index contributed by atoms with van der Waals surface area (Å²) in [7, 11) is 0. The van der Waals surface area contributed by atoms with Crippen LogP contribution in [0.15, 0.2) is 84.9 Å². The van der Waals surface area contributed by atoms with Gasteiger partial charge in [-0.2, -0.15) is 0 Å². The Morgan fingerprint density at radius 3 is 1.22 bits per heavy atom. The second-order valence-corrected chi connectivity index (χ2v) is 8.18. The third kappa shape index (κ3) is 8.51. The van der Waals surface area contributed by atoms with Crippen LogP contribution in [0.4, 0.5) is 0 Å². The molecular formula is C30H36Li2. The summed E-state index contributed by atoms with van der Waals surface area (Å²) in [6.45, 7) is 4.56. The molecular weight excluding hydrogens is 374 g/mol. The van der Waals surface area contributed by atoms with E-state index in [2.05, 4.69) is 98.8 Å². The number of benzene rings is 3. The predicted molar refractivity (Wildman–Crippen MR) is 131 cm³/mol. The van der Waals surface area contributed by atoms with Crippen molar-refractivity contribution in [3.8, 4) is 0 Å². The van der Waals surface area contributed by atoms with Gasteiger partial charge < -0.3 is 0 Å². The number of rotatable bonds is 12. The fraction of sp³-hybridized carbons (Fsp3) is 0.333. The monoisotopic (exact) mass is 410 g/mol. The van der Waals surface area contributed by atoms with Gasteiger partial charge in [0.1, 0.15) is 0 Å². The summed E-state index contributed by atoms with van der Waals surface area (Å²) >= 11 is 0. The second kappa shape index (κ2) is 16.2. The molecule has 0 aromatic heterocycles. The molecule has 0 amide bonds. The first-order valence-electron chi connectivity index (χ1n) is 11.8. The van der Waals surface area contributed by atoms with Gasteiger partial charge in [-0.05, 0) is 0 Å². The minimum Gasteiger partial charge on any atom is -0.129 e. The summed E-state index contributed by atoms with van der Waals surface area (Å²) in [4.78, 5) is 0. The van der Waals surface area contributed by atoms with Crippen molar-refractivity contribution < 1.29 is 37.7 Å². The summed E-state index contributed by atoms with van der Waals surface area (Å²) in [6.07, 6.45) is 9.85. The first-order valence-corrected chi connectivity index (χ1v) is 11.8. The summed E-state index contributed by atoms with van der Waals surface area (Å²) in [6, 6.07) is 31.2. The van der Waals surface area contributed by atoms with Crippen LogP contribution in [0.3, 0.4) is 0 Å². The van der Waals surface area contributed by atoms with E-state index in [1.807, 2.05) is 0 Å². The SMILES string of the molecule is CCCCC[C-](c1ccccc1)c1cccc([C-](CCCCC)c2ccccc2)c1.[Li+].[Li+]. The molecule has 0 N–H and O–H groups in total. The Balaban J connectivity index is 0.00000256. The largest absolute Gasteiger partial charge is 1.00 e. The van der Waals surface area contributed by atoms with Crippen molar-refractivity contribution in [2.75, 3.05) is 0 Å². The molecule has 3 aromatic rings. The van der Waals surface area contributed by atoms with Crippen molar-refractivity contribution in [1.82, 2.24) is 0 Å². The first-order chi connectivity index (χ1) is 14.8. The maximum atomic E-state index is 2.43. The van der Waals surface area contributed by atoms with Gasteiger partial charge in [0.2, 0.25) is 0 Å². The van der Waals surface area contributed by atoms with Crippen LogP contribution in [0.5, 0.6) is 0 Å². The van der Waals surface area contributed by atoms with Gasteiger partial charge in [-0.1, -0.05) is 102 Å². The van der Waals surface area contributed by atoms with Crippen LogP contribution in [0, 0.1) is 11.8 Å². The van der Waals surface area contributed by atoms with Crippen LogP contribution < -0.4 is 37.7 Å². The molecule has 0 aliphatic rings. The van der Waals surface area contributed by atoms with E-state index in [1.165, 1.54) is 72.6 Å². The average molecular weight is 411 g/mol. The summed E-state index contributed by atoms with van der Waals surface area (Å²) in [5.74, 6) is 2.96. The van der Waals surface area contributed by atoms with Crippen LogP contribution in [-0.2, 0) is 0 Å². The molecule has 0 fully saturated rings. The Morgan fingerprint density at radius 1 is 0.469 bits per heavy atom. The minimum atomic E-state index is 0. The Labute approximate surface area is 221 Å². The van der Waals surface area contributed by atoms with Crippen LogP contribution in [-0.4, -0.2) is 0 Å². The van der Waals surface area contributed by atoms with Gasteiger partial charge >= 0.3 is 37.7 Å². The van der Waals surface area contributed by atoms with Crippen molar-refractivity contribution in [1.29, 1.82) is 0 Å². The maximum Gasteiger partial charge on any atom is 1.00 e. The number of hydrogen-bond donors (Lipinski definition) is 0. The topological polar surface area (TPSA) is 0 Å². The molecule has 0 saturated heterocycles. The van der Waals surface area contributed by atoms with E-state index in [1.54, 1.807) is 0 Å². The van der Waals surface area contributed by atoms with Gasteiger partial charge in [-0.25, -0.2) is 0 Å². The number of hydrogen-bond acceptors (Lipinski definition) is 0. The zero-order chi connectivity index (χ0) is 21.0. The van der Waals surface area contributed by atoms with Gasteiger partial charge in [0.15, 0.2) is 0 Å². The molecule has 0 radical (unpaired) electrons. The van der Waals surface area contributed by atoms with Crippen molar-refractivity contribution in [3.63, 3.8) is 0 Å². The van der Waals surface area contributed by atoms with E-state index in [4.69, 9.17) is 0 Å².